The quantitative estimate of drug-likeness (QED) is 0.404. The Labute approximate surface area is 182 Å². The zero-order valence-electron chi connectivity index (χ0n) is 17.2. The number of aromatic nitrogens is 1. The fraction of sp³-hybridized carbons (Fsp3) is 0.273. The van der Waals surface area contributed by atoms with Crippen molar-refractivity contribution in [3.63, 3.8) is 0 Å². The number of nitrogens with zero attached hydrogens (tertiary/aromatic N) is 1. The average Bonchev–Trinajstić information content (AvgIpc) is 3.37. The van der Waals surface area contributed by atoms with Crippen LogP contribution < -0.4 is 5.32 Å². The number of Topliss-reactive ketones (excluding diaryl/α,β-unsaturated/α-hetero) is 1. The second kappa shape index (κ2) is 10.0. The highest BCUT2D eigenvalue weighted by molar-refractivity contribution is 7.14. The molecule has 2 heterocycles. The molecule has 31 heavy (non-hydrogen) atoms. The summed E-state index contributed by atoms with van der Waals surface area (Å²) >= 11 is 1.31. The van der Waals surface area contributed by atoms with Gasteiger partial charge in [0.05, 0.1) is 17.6 Å². The Morgan fingerprint density at radius 2 is 1.87 bits per heavy atom. The number of esters is 2. The van der Waals surface area contributed by atoms with Crippen molar-refractivity contribution in [1.82, 2.24) is 9.88 Å². The van der Waals surface area contributed by atoms with Crippen molar-refractivity contribution in [2.45, 2.75) is 19.9 Å². The van der Waals surface area contributed by atoms with E-state index >= 15 is 0 Å². The average molecular weight is 442 g/mol. The SMILES string of the molecule is COC(=O)c1cn(CC(=O)OCC(=O)c2ccc(CCNC(C)=O)s2)c2ccccc12. The van der Waals surface area contributed by atoms with Crippen molar-refractivity contribution < 1.29 is 28.7 Å². The molecule has 3 rings (SSSR count). The highest BCUT2D eigenvalue weighted by atomic mass is 32.1. The Morgan fingerprint density at radius 1 is 1.10 bits per heavy atom. The van der Waals surface area contributed by atoms with Crippen LogP contribution in [-0.4, -0.2) is 48.5 Å². The van der Waals surface area contributed by atoms with Gasteiger partial charge in [0.1, 0.15) is 6.54 Å². The zero-order valence-corrected chi connectivity index (χ0v) is 18.0. The van der Waals surface area contributed by atoms with Gasteiger partial charge in [0.25, 0.3) is 0 Å². The summed E-state index contributed by atoms with van der Waals surface area (Å²) in [5.41, 5.74) is 1.04. The lowest BCUT2D eigenvalue weighted by Gasteiger charge is -2.06. The number of hydrogen-bond donors (Lipinski definition) is 1. The molecule has 0 atom stereocenters. The van der Waals surface area contributed by atoms with Crippen molar-refractivity contribution in [3.05, 3.63) is 57.9 Å². The van der Waals surface area contributed by atoms with Crippen LogP contribution in [0, 0.1) is 0 Å². The minimum atomic E-state index is -0.590. The van der Waals surface area contributed by atoms with E-state index in [-0.39, 0.29) is 24.8 Å². The molecule has 2 aromatic heterocycles. The first kappa shape index (κ1) is 22.2. The Balaban J connectivity index is 1.58. The maximum atomic E-state index is 12.3. The molecule has 1 amide bonds. The van der Waals surface area contributed by atoms with Crippen LogP contribution in [0.5, 0.6) is 0 Å². The largest absolute Gasteiger partial charge is 0.465 e. The van der Waals surface area contributed by atoms with Crippen molar-refractivity contribution in [1.29, 1.82) is 0 Å². The predicted molar refractivity (Wildman–Crippen MR) is 115 cm³/mol. The summed E-state index contributed by atoms with van der Waals surface area (Å²) in [6, 6.07) is 10.7. The molecule has 0 spiro atoms. The van der Waals surface area contributed by atoms with Gasteiger partial charge in [0, 0.05) is 35.4 Å². The second-order valence-corrected chi connectivity index (χ2v) is 7.93. The van der Waals surface area contributed by atoms with E-state index in [9.17, 15) is 19.2 Å². The van der Waals surface area contributed by atoms with E-state index in [0.717, 1.165) is 4.88 Å². The van der Waals surface area contributed by atoms with Crippen LogP contribution in [0.1, 0.15) is 31.8 Å². The summed E-state index contributed by atoms with van der Waals surface area (Å²) in [5.74, 6) is -1.48. The number of nitrogens with one attached hydrogen (secondary N) is 1. The molecule has 0 bridgehead atoms. The van der Waals surface area contributed by atoms with Gasteiger partial charge in [0.15, 0.2) is 6.61 Å². The number of amides is 1. The minimum Gasteiger partial charge on any atom is -0.465 e. The monoisotopic (exact) mass is 442 g/mol. The van der Waals surface area contributed by atoms with Gasteiger partial charge in [0.2, 0.25) is 11.7 Å². The Kier molecular flexibility index (Phi) is 7.19. The van der Waals surface area contributed by atoms with Gasteiger partial charge in [-0.2, -0.15) is 0 Å². The first-order chi connectivity index (χ1) is 14.9. The molecule has 0 fully saturated rings. The molecule has 1 N–H and O–H groups in total. The van der Waals surface area contributed by atoms with E-state index in [4.69, 9.17) is 9.47 Å². The maximum absolute atomic E-state index is 12.3. The number of thiophene rings is 1. The number of para-hydroxylation sites is 1. The van der Waals surface area contributed by atoms with Crippen LogP contribution in [0.3, 0.4) is 0 Å². The predicted octanol–water partition coefficient (Wildman–Crippen LogP) is 2.59. The molecule has 3 aromatic rings. The van der Waals surface area contributed by atoms with Crippen LogP contribution in [0.4, 0.5) is 0 Å². The Morgan fingerprint density at radius 3 is 2.61 bits per heavy atom. The number of benzene rings is 1. The van der Waals surface area contributed by atoms with Gasteiger partial charge in [-0.25, -0.2) is 4.79 Å². The summed E-state index contributed by atoms with van der Waals surface area (Å²) in [6.07, 6.45) is 2.17. The lowest BCUT2D eigenvalue weighted by molar-refractivity contribution is -0.143. The molecule has 0 saturated carbocycles. The number of fused-ring (bicyclic) bond motifs is 1. The molecule has 0 unspecified atom stereocenters. The van der Waals surface area contributed by atoms with Crippen molar-refractivity contribution in [3.8, 4) is 0 Å². The van der Waals surface area contributed by atoms with E-state index in [1.165, 1.54) is 25.4 Å². The van der Waals surface area contributed by atoms with Crippen LogP contribution in [0.25, 0.3) is 10.9 Å². The minimum absolute atomic E-state index is 0.103. The van der Waals surface area contributed by atoms with Gasteiger partial charge < -0.3 is 19.4 Å². The van der Waals surface area contributed by atoms with Crippen LogP contribution in [0.15, 0.2) is 42.6 Å². The van der Waals surface area contributed by atoms with E-state index in [0.29, 0.717) is 34.3 Å². The molecule has 0 saturated heterocycles. The van der Waals surface area contributed by atoms with Gasteiger partial charge in [-0.1, -0.05) is 18.2 Å². The molecule has 162 valence electrons. The lowest BCUT2D eigenvalue weighted by Crippen LogP contribution is -2.22. The molecule has 0 aliphatic heterocycles. The maximum Gasteiger partial charge on any atom is 0.340 e. The number of ketones is 1. The lowest BCUT2D eigenvalue weighted by atomic mass is 10.2. The highest BCUT2D eigenvalue weighted by Crippen LogP contribution is 2.22. The standard InChI is InChI=1S/C22H22N2O6S/c1-14(25)23-10-9-15-7-8-20(31-15)19(26)13-30-21(27)12-24-11-17(22(28)29-2)16-5-3-4-6-18(16)24/h3-8,11H,9-10,12-13H2,1-2H3,(H,23,25). The first-order valence-electron chi connectivity index (χ1n) is 9.57. The fourth-order valence-corrected chi connectivity index (χ4v) is 4.01. The van der Waals surface area contributed by atoms with E-state index in [1.807, 2.05) is 6.07 Å². The highest BCUT2D eigenvalue weighted by Gasteiger charge is 2.18. The van der Waals surface area contributed by atoms with Crippen LogP contribution in [0.2, 0.25) is 0 Å². The van der Waals surface area contributed by atoms with Gasteiger partial charge >= 0.3 is 11.9 Å². The topological polar surface area (TPSA) is 104 Å². The third kappa shape index (κ3) is 5.58. The van der Waals surface area contributed by atoms with Crippen molar-refractivity contribution in [2.24, 2.45) is 0 Å². The normalized spacial score (nSPS) is 10.6. The molecular formula is C22H22N2O6S. The van der Waals surface area contributed by atoms with Crippen molar-refractivity contribution in [2.75, 3.05) is 20.3 Å². The summed E-state index contributed by atoms with van der Waals surface area (Å²) in [5, 5.41) is 3.37. The Bertz CT molecular complexity index is 1130. The molecule has 1 aromatic carbocycles. The van der Waals surface area contributed by atoms with Crippen molar-refractivity contribution >= 4 is 45.9 Å². The van der Waals surface area contributed by atoms with Gasteiger partial charge in [-0.05, 0) is 24.6 Å². The van der Waals surface area contributed by atoms with Gasteiger partial charge in [-0.3, -0.25) is 14.4 Å². The summed E-state index contributed by atoms with van der Waals surface area (Å²) in [7, 11) is 1.30. The molecular weight excluding hydrogens is 420 g/mol. The number of methoxy groups -OCH3 is 1. The first-order valence-corrected chi connectivity index (χ1v) is 10.4. The van der Waals surface area contributed by atoms with Gasteiger partial charge in [-0.15, -0.1) is 11.3 Å². The summed E-state index contributed by atoms with van der Waals surface area (Å²) in [4.78, 5) is 49.0. The molecule has 0 radical (unpaired) electrons. The summed E-state index contributed by atoms with van der Waals surface area (Å²) < 4.78 is 11.5. The smallest absolute Gasteiger partial charge is 0.340 e. The number of rotatable bonds is 9. The Hall–Kier alpha value is -3.46. The number of hydrogen-bond acceptors (Lipinski definition) is 7. The molecule has 0 aliphatic carbocycles. The third-order valence-corrected chi connectivity index (χ3v) is 5.73. The summed E-state index contributed by atoms with van der Waals surface area (Å²) in [6.45, 7) is 1.44. The third-order valence-electron chi connectivity index (χ3n) is 4.54. The zero-order chi connectivity index (χ0) is 22.4. The van der Waals surface area contributed by atoms with E-state index in [2.05, 4.69) is 5.32 Å². The molecule has 8 nitrogen and oxygen atoms in total. The molecule has 0 aliphatic rings. The number of carbonyl (C=O) groups excluding carboxylic acids is 4. The van der Waals surface area contributed by atoms with E-state index in [1.54, 1.807) is 41.1 Å². The fourth-order valence-electron chi connectivity index (χ4n) is 3.08. The number of ether oxygens (including phenoxy) is 2. The van der Waals surface area contributed by atoms with Crippen LogP contribution >= 0.6 is 11.3 Å². The van der Waals surface area contributed by atoms with E-state index < -0.39 is 11.9 Å². The second-order valence-electron chi connectivity index (χ2n) is 6.76. The molecule has 9 heteroatoms. The number of carbonyl (C=O) groups is 4. The van der Waals surface area contributed by atoms with Crippen LogP contribution in [-0.2, 0) is 32.0 Å².